The second-order valence-corrected chi connectivity index (χ2v) is 10.1. The molecule has 2 heterocycles. The molecule has 2 aromatic rings. The number of carbonyl (C=O) groups is 2. The van der Waals surface area contributed by atoms with Gasteiger partial charge in [0.25, 0.3) is 11.9 Å². The molecule has 1 amide bonds. The number of amides is 1. The first-order valence-corrected chi connectivity index (χ1v) is 12.6. The maximum atomic E-state index is 12.5. The maximum absolute atomic E-state index is 12.5. The molecule has 12 heteroatoms. The fourth-order valence-electron chi connectivity index (χ4n) is 3.85. The number of aromatic nitrogens is 3. The summed E-state index contributed by atoms with van der Waals surface area (Å²) in [6, 6.07) is 5.97. The van der Waals surface area contributed by atoms with Crippen molar-refractivity contribution in [3.05, 3.63) is 35.7 Å². The van der Waals surface area contributed by atoms with Crippen molar-refractivity contribution >= 4 is 46.9 Å². The molecule has 0 spiro atoms. The Hall–Kier alpha value is -3.41. The van der Waals surface area contributed by atoms with Crippen LogP contribution in [0.2, 0.25) is 0 Å². The van der Waals surface area contributed by atoms with Crippen LogP contribution < -0.4 is 21.0 Å². The highest BCUT2D eigenvalue weighted by Crippen LogP contribution is 2.30. The summed E-state index contributed by atoms with van der Waals surface area (Å²) in [6.45, 7) is 6.46. The van der Waals surface area contributed by atoms with Gasteiger partial charge >= 0.3 is 5.97 Å². The van der Waals surface area contributed by atoms with Gasteiger partial charge in [-0.2, -0.15) is 31.8 Å². The van der Waals surface area contributed by atoms with Crippen LogP contribution in [0.4, 0.5) is 17.6 Å². The van der Waals surface area contributed by atoms with Gasteiger partial charge in [-0.3, -0.25) is 4.79 Å². The standard InChI is InChI=1S/C23H32N8O3S/c1-14-12-23(2,3)31(29-14)22-27-18(26-21(24)28-22)13-30(4)16-8-6-15(7-9-16)19(32)25-17(20(33)34)10-11-35-5/h6-9,17H,10-13H2,1-5H3,(H,25,32)(H,33,34)(H2,24,26,27,28)/t17-/m0/s1. The first-order valence-electron chi connectivity index (χ1n) is 11.2. The molecule has 35 heavy (non-hydrogen) atoms. The number of anilines is 3. The Balaban J connectivity index is 1.70. The van der Waals surface area contributed by atoms with Crippen molar-refractivity contribution in [2.24, 2.45) is 5.10 Å². The van der Waals surface area contributed by atoms with Gasteiger partial charge in [0.05, 0.1) is 12.1 Å². The van der Waals surface area contributed by atoms with E-state index in [0.717, 1.165) is 17.8 Å². The van der Waals surface area contributed by atoms with Crippen LogP contribution in [-0.4, -0.2) is 68.3 Å². The Morgan fingerprint density at radius 3 is 2.51 bits per heavy atom. The average molecular weight is 501 g/mol. The zero-order valence-corrected chi connectivity index (χ0v) is 21.5. The Bertz CT molecular complexity index is 1110. The predicted molar refractivity (Wildman–Crippen MR) is 139 cm³/mol. The van der Waals surface area contributed by atoms with E-state index in [4.69, 9.17) is 5.73 Å². The van der Waals surface area contributed by atoms with Crippen molar-refractivity contribution in [1.29, 1.82) is 0 Å². The zero-order valence-electron chi connectivity index (χ0n) is 20.6. The topological polar surface area (TPSA) is 150 Å². The number of carboxylic acids is 1. The number of aliphatic carboxylic acids is 1. The SMILES string of the molecule is CSCC[C@H](NC(=O)c1ccc(N(C)Cc2nc(N)nc(N3N=C(C)CC3(C)C)n2)cc1)C(=O)O. The third kappa shape index (κ3) is 6.59. The molecular weight excluding hydrogens is 468 g/mol. The minimum atomic E-state index is -1.04. The summed E-state index contributed by atoms with van der Waals surface area (Å²) in [5, 5.41) is 18.3. The molecule has 11 nitrogen and oxygen atoms in total. The quantitative estimate of drug-likeness (QED) is 0.444. The lowest BCUT2D eigenvalue weighted by molar-refractivity contribution is -0.139. The molecule has 0 bridgehead atoms. The number of carbonyl (C=O) groups excluding carboxylic acids is 1. The van der Waals surface area contributed by atoms with Crippen LogP contribution in [0, 0.1) is 0 Å². The fraction of sp³-hybridized carbons (Fsp3) is 0.478. The molecule has 3 rings (SSSR count). The second kappa shape index (κ2) is 10.9. The van der Waals surface area contributed by atoms with Gasteiger partial charge < -0.3 is 21.1 Å². The highest BCUT2D eigenvalue weighted by atomic mass is 32.2. The van der Waals surface area contributed by atoms with Crippen molar-refractivity contribution in [1.82, 2.24) is 20.3 Å². The summed E-state index contributed by atoms with van der Waals surface area (Å²) in [4.78, 5) is 39.0. The summed E-state index contributed by atoms with van der Waals surface area (Å²) in [6.07, 6.45) is 3.06. The van der Waals surface area contributed by atoms with Crippen molar-refractivity contribution in [3.8, 4) is 0 Å². The average Bonchev–Trinajstić information content (AvgIpc) is 3.07. The van der Waals surface area contributed by atoms with Crippen LogP contribution in [0.3, 0.4) is 0 Å². The Kier molecular flexibility index (Phi) is 8.15. The predicted octanol–water partition coefficient (Wildman–Crippen LogP) is 2.39. The van der Waals surface area contributed by atoms with Crippen LogP contribution in [0.15, 0.2) is 29.4 Å². The molecular formula is C23H32N8O3S. The number of thioether (sulfide) groups is 1. The fourth-order valence-corrected chi connectivity index (χ4v) is 4.33. The van der Waals surface area contributed by atoms with Crippen LogP contribution in [0.5, 0.6) is 0 Å². The maximum Gasteiger partial charge on any atom is 0.326 e. The highest BCUT2D eigenvalue weighted by Gasteiger charge is 2.35. The van der Waals surface area contributed by atoms with Crippen LogP contribution >= 0.6 is 11.8 Å². The molecule has 0 unspecified atom stereocenters. The van der Waals surface area contributed by atoms with Crippen molar-refractivity contribution < 1.29 is 14.7 Å². The minimum absolute atomic E-state index is 0.121. The lowest BCUT2D eigenvalue weighted by atomic mass is 9.99. The van der Waals surface area contributed by atoms with Crippen LogP contribution in [0.1, 0.15) is 49.8 Å². The molecule has 1 aromatic heterocycles. The van der Waals surface area contributed by atoms with Crippen LogP contribution in [-0.2, 0) is 11.3 Å². The number of hydrogen-bond donors (Lipinski definition) is 3. The van der Waals surface area contributed by atoms with Crippen LogP contribution in [0.25, 0.3) is 0 Å². The van der Waals surface area contributed by atoms with Crippen molar-refractivity contribution in [2.45, 2.75) is 51.7 Å². The summed E-state index contributed by atoms with van der Waals surface area (Å²) in [5.74, 6) is 0.195. The Labute approximate surface area is 209 Å². The molecule has 0 aliphatic carbocycles. The molecule has 188 valence electrons. The van der Waals surface area contributed by atoms with Gasteiger partial charge in [-0.1, -0.05) is 0 Å². The number of rotatable bonds is 10. The number of nitrogens with one attached hydrogen (secondary N) is 1. The minimum Gasteiger partial charge on any atom is -0.480 e. The summed E-state index contributed by atoms with van der Waals surface area (Å²) >= 11 is 1.53. The van der Waals surface area contributed by atoms with E-state index >= 15 is 0 Å². The van der Waals surface area contributed by atoms with Gasteiger partial charge in [0.15, 0.2) is 5.82 Å². The Morgan fingerprint density at radius 1 is 1.26 bits per heavy atom. The third-order valence-electron chi connectivity index (χ3n) is 5.57. The number of hydrogen-bond acceptors (Lipinski definition) is 10. The van der Waals surface area contributed by atoms with Gasteiger partial charge in [-0.25, -0.2) is 9.80 Å². The number of benzene rings is 1. The highest BCUT2D eigenvalue weighted by molar-refractivity contribution is 7.98. The van der Waals surface area contributed by atoms with Gasteiger partial charge in [-0.15, -0.1) is 0 Å². The molecule has 0 saturated carbocycles. The molecule has 0 fully saturated rings. The first kappa shape index (κ1) is 26.2. The Morgan fingerprint density at radius 2 is 1.94 bits per heavy atom. The largest absolute Gasteiger partial charge is 0.480 e. The van der Waals surface area contributed by atoms with E-state index in [2.05, 4.69) is 39.2 Å². The van der Waals surface area contributed by atoms with E-state index in [0.29, 0.717) is 36.1 Å². The molecule has 4 N–H and O–H groups in total. The molecule has 1 aromatic carbocycles. The summed E-state index contributed by atoms with van der Waals surface area (Å²) in [5.41, 5.74) is 7.92. The van der Waals surface area contributed by atoms with Gasteiger partial charge in [0.2, 0.25) is 5.95 Å². The lowest BCUT2D eigenvalue weighted by Gasteiger charge is -2.28. The number of nitrogens with zero attached hydrogens (tertiary/aromatic N) is 6. The van der Waals surface area contributed by atoms with E-state index in [1.165, 1.54) is 11.8 Å². The van der Waals surface area contributed by atoms with Crippen molar-refractivity contribution in [2.75, 3.05) is 34.7 Å². The zero-order chi connectivity index (χ0) is 25.8. The van der Waals surface area contributed by atoms with E-state index in [1.807, 2.05) is 25.1 Å². The molecule has 1 atom stereocenters. The van der Waals surface area contributed by atoms with E-state index < -0.39 is 17.9 Å². The lowest BCUT2D eigenvalue weighted by Crippen LogP contribution is -2.41. The monoisotopic (exact) mass is 500 g/mol. The van der Waals surface area contributed by atoms with Crippen molar-refractivity contribution in [3.63, 3.8) is 0 Å². The molecule has 0 radical (unpaired) electrons. The second-order valence-electron chi connectivity index (χ2n) is 9.09. The summed E-state index contributed by atoms with van der Waals surface area (Å²) in [7, 11) is 1.87. The van der Waals surface area contributed by atoms with E-state index in [1.54, 1.807) is 29.3 Å². The first-order chi connectivity index (χ1) is 16.5. The van der Waals surface area contributed by atoms with Gasteiger partial charge in [0, 0.05) is 30.4 Å². The molecule has 1 aliphatic heterocycles. The molecule has 0 saturated heterocycles. The summed E-state index contributed by atoms with van der Waals surface area (Å²) < 4.78 is 0. The molecule has 1 aliphatic rings. The smallest absolute Gasteiger partial charge is 0.326 e. The third-order valence-corrected chi connectivity index (χ3v) is 6.22. The van der Waals surface area contributed by atoms with Gasteiger partial charge in [-0.05, 0) is 63.5 Å². The number of hydrazone groups is 1. The number of nitrogen functional groups attached to an aromatic ring is 1. The van der Waals surface area contributed by atoms with E-state index in [9.17, 15) is 14.7 Å². The van der Waals surface area contributed by atoms with E-state index in [-0.39, 0.29) is 11.5 Å². The normalized spacial score (nSPS) is 15.5. The number of nitrogens with two attached hydrogens (primary N) is 1. The van der Waals surface area contributed by atoms with Gasteiger partial charge in [0.1, 0.15) is 6.04 Å². The number of carboxylic acid groups (broad SMARTS) is 1.